The van der Waals surface area contributed by atoms with Crippen LogP contribution in [-0.2, 0) is 39.3 Å². The highest BCUT2D eigenvalue weighted by atomic mass is 16.6. The standard InChI is InChI=1S/C28H50O8/c1-27(2,3)23-22-26(24(28(4,5)6)21-25(23)30-8)36-20-19-35-18-17-34-16-15-33-14-13-32-12-11-31-10-9-29-7/h21-22H,9-20H2,1-8H3. The van der Waals surface area contributed by atoms with Crippen molar-refractivity contribution in [3.05, 3.63) is 23.3 Å². The number of hydrogen-bond acceptors (Lipinski definition) is 8. The molecule has 0 heterocycles. The Bertz CT molecular complexity index is 694. The van der Waals surface area contributed by atoms with E-state index in [1.54, 1.807) is 14.2 Å². The summed E-state index contributed by atoms with van der Waals surface area (Å²) in [7, 11) is 3.37. The van der Waals surface area contributed by atoms with Crippen molar-refractivity contribution >= 4 is 0 Å². The lowest BCUT2D eigenvalue weighted by Gasteiger charge is -2.28. The van der Waals surface area contributed by atoms with Crippen molar-refractivity contribution in [3.63, 3.8) is 0 Å². The predicted molar refractivity (Wildman–Crippen MR) is 142 cm³/mol. The summed E-state index contributed by atoms with van der Waals surface area (Å²) < 4.78 is 44.2. The van der Waals surface area contributed by atoms with Crippen LogP contribution in [-0.4, -0.2) is 93.5 Å². The molecule has 8 heteroatoms. The van der Waals surface area contributed by atoms with Crippen LogP contribution in [0.4, 0.5) is 0 Å². The molecule has 0 aliphatic heterocycles. The molecule has 0 aliphatic carbocycles. The monoisotopic (exact) mass is 514 g/mol. The average molecular weight is 515 g/mol. The minimum Gasteiger partial charge on any atom is -0.496 e. The molecule has 8 nitrogen and oxygen atoms in total. The van der Waals surface area contributed by atoms with Crippen molar-refractivity contribution in [1.82, 2.24) is 0 Å². The number of rotatable bonds is 20. The summed E-state index contributed by atoms with van der Waals surface area (Å²) in [5, 5.41) is 0. The molecule has 0 saturated heterocycles. The molecule has 0 radical (unpaired) electrons. The highest BCUT2D eigenvalue weighted by Crippen LogP contribution is 2.41. The van der Waals surface area contributed by atoms with Crippen molar-refractivity contribution in [3.8, 4) is 11.5 Å². The largest absolute Gasteiger partial charge is 0.496 e. The Hall–Kier alpha value is -1.42. The molecule has 0 fully saturated rings. The smallest absolute Gasteiger partial charge is 0.123 e. The summed E-state index contributed by atoms with van der Waals surface area (Å²) in [6.07, 6.45) is 0. The van der Waals surface area contributed by atoms with E-state index in [2.05, 4.69) is 53.7 Å². The summed E-state index contributed by atoms with van der Waals surface area (Å²) in [6.45, 7) is 19.5. The fraction of sp³-hybridized carbons (Fsp3) is 0.786. The van der Waals surface area contributed by atoms with E-state index in [0.717, 1.165) is 22.6 Å². The van der Waals surface area contributed by atoms with Gasteiger partial charge in [-0.3, -0.25) is 0 Å². The summed E-state index contributed by atoms with van der Waals surface area (Å²) in [4.78, 5) is 0. The van der Waals surface area contributed by atoms with E-state index in [-0.39, 0.29) is 10.8 Å². The molecule has 1 aromatic carbocycles. The van der Waals surface area contributed by atoms with E-state index in [4.69, 9.17) is 37.9 Å². The van der Waals surface area contributed by atoms with Gasteiger partial charge in [0.2, 0.25) is 0 Å². The third-order valence-electron chi connectivity index (χ3n) is 5.32. The van der Waals surface area contributed by atoms with Crippen molar-refractivity contribution in [2.75, 3.05) is 93.5 Å². The van der Waals surface area contributed by atoms with Gasteiger partial charge in [0.15, 0.2) is 0 Å². The molecule has 1 aromatic rings. The first kappa shape index (κ1) is 32.6. The van der Waals surface area contributed by atoms with E-state index in [1.165, 1.54) is 0 Å². The number of hydrogen-bond donors (Lipinski definition) is 0. The Morgan fingerprint density at radius 1 is 0.472 bits per heavy atom. The fourth-order valence-corrected chi connectivity index (χ4v) is 3.35. The summed E-state index contributed by atoms with van der Waals surface area (Å²) in [5.41, 5.74) is 2.13. The molecular weight excluding hydrogens is 464 g/mol. The first-order valence-electron chi connectivity index (χ1n) is 12.8. The van der Waals surface area contributed by atoms with E-state index >= 15 is 0 Å². The van der Waals surface area contributed by atoms with Gasteiger partial charge in [-0.2, -0.15) is 0 Å². The highest BCUT2D eigenvalue weighted by molar-refractivity contribution is 5.51. The molecular formula is C28H50O8. The van der Waals surface area contributed by atoms with Crippen molar-refractivity contribution < 1.29 is 37.9 Å². The van der Waals surface area contributed by atoms with Crippen LogP contribution in [0, 0.1) is 0 Å². The van der Waals surface area contributed by atoms with Gasteiger partial charge in [0.1, 0.15) is 18.1 Å². The van der Waals surface area contributed by atoms with Gasteiger partial charge in [0.05, 0.1) is 79.8 Å². The molecule has 0 unspecified atom stereocenters. The third-order valence-corrected chi connectivity index (χ3v) is 5.32. The van der Waals surface area contributed by atoms with Crippen LogP contribution in [0.25, 0.3) is 0 Å². The quantitative estimate of drug-likeness (QED) is 0.237. The molecule has 0 atom stereocenters. The maximum Gasteiger partial charge on any atom is 0.123 e. The topological polar surface area (TPSA) is 73.8 Å². The summed E-state index contributed by atoms with van der Waals surface area (Å²) >= 11 is 0. The molecule has 0 N–H and O–H groups in total. The minimum atomic E-state index is -0.0690. The van der Waals surface area contributed by atoms with E-state index < -0.39 is 0 Å². The Labute approximate surface area is 218 Å². The molecule has 0 saturated carbocycles. The van der Waals surface area contributed by atoms with E-state index in [1.807, 2.05) is 0 Å². The zero-order valence-electron chi connectivity index (χ0n) is 23.9. The van der Waals surface area contributed by atoms with Crippen LogP contribution in [0.5, 0.6) is 11.5 Å². The SMILES string of the molecule is COCCOCCOCCOCCOCCOCCOc1cc(C(C)(C)C)c(OC)cc1C(C)(C)C. The molecule has 1 rings (SSSR count). The first-order valence-corrected chi connectivity index (χ1v) is 12.8. The van der Waals surface area contributed by atoms with E-state index in [9.17, 15) is 0 Å². The summed E-state index contributed by atoms with van der Waals surface area (Å²) in [6, 6.07) is 4.22. The first-order chi connectivity index (χ1) is 17.1. The molecule has 0 amide bonds. The van der Waals surface area contributed by atoms with Crippen LogP contribution < -0.4 is 9.47 Å². The van der Waals surface area contributed by atoms with Gasteiger partial charge in [-0.25, -0.2) is 0 Å². The van der Waals surface area contributed by atoms with Crippen molar-refractivity contribution in [2.45, 2.75) is 52.4 Å². The lowest BCUT2D eigenvalue weighted by atomic mass is 9.81. The van der Waals surface area contributed by atoms with Gasteiger partial charge in [0, 0.05) is 18.2 Å². The zero-order valence-corrected chi connectivity index (χ0v) is 23.9. The molecule has 0 aromatic heterocycles. The Morgan fingerprint density at radius 3 is 1.17 bits per heavy atom. The maximum absolute atomic E-state index is 6.16. The lowest BCUT2D eigenvalue weighted by Crippen LogP contribution is -2.19. The molecule has 36 heavy (non-hydrogen) atoms. The Kier molecular flexibility index (Phi) is 16.2. The highest BCUT2D eigenvalue weighted by Gasteiger charge is 2.26. The number of ether oxygens (including phenoxy) is 8. The van der Waals surface area contributed by atoms with Crippen LogP contribution >= 0.6 is 0 Å². The van der Waals surface area contributed by atoms with Gasteiger partial charge in [-0.05, 0) is 23.0 Å². The minimum absolute atomic E-state index is 0.0521. The fourth-order valence-electron chi connectivity index (χ4n) is 3.35. The summed E-state index contributed by atoms with van der Waals surface area (Å²) in [5.74, 6) is 1.78. The van der Waals surface area contributed by atoms with Gasteiger partial charge in [-0.1, -0.05) is 41.5 Å². The lowest BCUT2D eigenvalue weighted by molar-refractivity contribution is -0.0159. The molecule has 210 valence electrons. The van der Waals surface area contributed by atoms with Crippen LogP contribution in [0.3, 0.4) is 0 Å². The van der Waals surface area contributed by atoms with Crippen molar-refractivity contribution in [2.24, 2.45) is 0 Å². The van der Waals surface area contributed by atoms with E-state index in [0.29, 0.717) is 79.3 Å². The molecule has 0 bridgehead atoms. The number of benzene rings is 1. The number of methoxy groups -OCH3 is 2. The average Bonchev–Trinajstić information content (AvgIpc) is 2.81. The third kappa shape index (κ3) is 13.8. The second-order valence-electron chi connectivity index (χ2n) is 10.5. The van der Waals surface area contributed by atoms with Crippen LogP contribution in [0.15, 0.2) is 12.1 Å². The van der Waals surface area contributed by atoms with Crippen LogP contribution in [0.2, 0.25) is 0 Å². The van der Waals surface area contributed by atoms with Gasteiger partial charge in [0.25, 0.3) is 0 Å². The van der Waals surface area contributed by atoms with Gasteiger partial charge < -0.3 is 37.9 Å². The normalized spacial score (nSPS) is 12.2. The van der Waals surface area contributed by atoms with Crippen LogP contribution in [0.1, 0.15) is 52.7 Å². The van der Waals surface area contributed by atoms with Gasteiger partial charge in [-0.15, -0.1) is 0 Å². The zero-order chi connectivity index (χ0) is 26.9. The maximum atomic E-state index is 6.16. The molecule has 0 aliphatic rings. The van der Waals surface area contributed by atoms with Crippen molar-refractivity contribution in [1.29, 1.82) is 0 Å². The second-order valence-corrected chi connectivity index (χ2v) is 10.5. The predicted octanol–water partition coefficient (Wildman–Crippen LogP) is 4.40. The Morgan fingerprint density at radius 2 is 0.806 bits per heavy atom. The Balaban J connectivity index is 2.18. The second kappa shape index (κ2) is 17.9. The molecule has 0 spiro atoms. The van der Waals surface area contributed by atoms with Gasteiger partial charge >= 0.3 is 0 Å².